The molecule has 0 aromatic heterocycles. The van der Waals surface area contributed by atoms with E-state index in [2.05, 4.69) is 4.99 Å². The molecule has 1 aromatic carbocycles. The maximum absolute atomic E-state index is 13.7. The van der Waals surface area contributed by atoms with E-state index in [-0.39, 0.29) is 18.2 Å². The first-order valence-electron chi connectivity index (χ1n) is 5.88. The summed E-state index contributed by atoms with van der Waals surface area (Å²) in [5, 5.41) is 0. The lowest BCUT2D eigenvalue weighted by Crippen LogP contribution is -2.06. The number of ether oxygens (including phenoxy) is 2. The molecule has 4 nitrogen and oxygen atoms in total. The number of nitrogens with zero attached hydrogens (tertiary/aromatic N) is 1. The number of cyclic esters (lactones) is 1. The van der Waals surface area contributed by atoms with Gasteiger partial charge in [0, 0.05) is 5.56 Å². The van der Waals surface area contributed by atoms with Crippen molar-refractivity contribution in [3.63, 3.8) is 0 Å². The van der Waals surface area contributed by atoms with Gasteiger partial charge in [-0.05, 0) is 24.6 Å². The molecule has 0 bridgehead atoms. The van der Waals surface area contributed by atoms with E-state index >= 15 is 0 Å². The molecule has 0 saturated heterocycles. The minimum Gasteiger partial charge on any atom is -0.491 e. The molecule has 2 rings (SSSR count). The summed E-state index contributed by atoms with van der Waals surface area (Å²) in [6.45, 7) is 2.52. The van der Waals surface area contributed by atoms with Crippen molar-refractivity contribution in [2.45, 2.75) is 19.8 Å². The van der Waals surface area contributed by atoms with Crippen molar-refractivity contribution in [1.82, 2.24) is 0 Å². The zero-order chi connectivity index (χ0) is 13.0. The van der Waals surface area contributed by atoms with Gasteiger partial charge in [-0.2, -0.15) is 0 Å². The molecular weight excluding hydrogens is 237 g/mol. The average molecular weight is 251 g/mol. The molecular formula is C13H14FNO3. The molecule has 1 aliphatic heterocycles. The molecule has 96 valence electrons. The third kappa shape index (κ3) is 2.85. The van der Waals surface area contributed by atoms with Crippen molar-refractivity contribution >= 4 is 11.9 Å². The number of carbonyl (C=O) groups excluding carboxylic acids is 1. The Balaban J connectivity index is 2.07. The molecule has 0 unspecified atom stereocenters. The fourth-order valence-corrected chi connectivity index (χ4v) is 1.54. The van der Waals surface area contributed by atoms with Crippen LogP contribution < -0.4 is 4.74 Å². The van der Waals surface area contributed by atoms with E-state index in [1.165, 1.54) is 12.1 Å². The zero-order valence-electron chi connectivity index (χ0n) is 10.1. The minimum atomic E-state index is -0.478. The Morgan fingerprint density at radius 2 is 2.33 bits per heavy atom. The van der Waals surface area contributed by atoms with Gasteiger partial charge < -0.3 is 9.47 Å². The number of esters is 1. The summed E-state index contributed by atoms with van der Waals surface area (Å²) >= 11 is 0. The number of unbranched alkanes of at least 4 members (excludes halogenated alkanes) is 1. The monoisotopic (exact) mass is 251 g/mol. The highest BCUT2D eigenvalue weighted by Gasteiger charge is 2.19. The van der Waals surface area contributed by atoms with Crippen molar-refractivity contribution < 1.29 is 18.7 Å². The van der Waals surface area contributed by atoms with Gasteiger partial charge in [0.1, 0.15) is 6.54 Å². The number of benzene rings is 1. The topological polar surface area (TPSA) is 47.9 Å². The van der Waals surface area contributed by atoms with Crippen LogP contribution in [0.3, 0.4) is 0 Å². The third-order valence-corrected chi connectivity index (χ3v) is 2.50. The molecule has 0 fully saturated rings. The van der Waals surface area contributed by atoms with Crippen LogP contribution in [0.25, 0.3) is 0 Å². The van der Waals surface area contributed by atoms with E-state index in [9.17, 15) is 9.18 Å². The minimum absolute atomic E-state index is 0.00823. The highest BCUT2D eigenvalue weighted by molar-refractivity contribution is 6.04. The molecule has 0 N–H and O–H groups in total. The number of hydrogen-bond acceptors (Lipinski definition) is 4. The summed E-state index contributed by atoms with van der Waals surface area (Å²) in [4.78, 5) is 14.8. The van der Waals surface area contributed by atoms with Crippen LogP contribution >= 0.6 is 0 Å². The SMILES string of the molecule is CCCCOc1ccc(C2=NCC(=O)O2)cc1F. The van der Waals surface area contributed by atoms with E-state index in [0.29, 0.717) is 12.2 Å². The van der Waals surface area contributed by atoms with Gasteiger partial charge in [0.15, 0.2) is 11.6 Å². The van der Waals surface area contributed by atoms with E-state index < -0.39 is 11.8 Å². The van der Waals surface area contributed by atoms with Crippen LogP contribution in [-0.2, 0) is 9.53 Å². The Hall–Kier alpha value is -1.91. The third-order valence-electron chi connectivity index (χ3n) is 2.50. The van der Waals surface area contributed by atoms with Gasteiger partial charge in [0.05, 0.1) is 6.61 Å². The normalized spacial score (nSPS) is 14.3. The second kappa shape index (κ2) is 5.62. The van der Waals surface area contributed by atoms with Crippen LogP contribution in [0.2, 0.25) is 0 Å². The van der Waals surface area contributed by atoms with Crippen molar-refractivity contribution in [1.29, 1.82) is 0 Å². The van der Waals surface area contributed by atoms with Gasteiger partial charge in [-0.25, -0.2) is 14.2 Å². The Kier molecular flexibility index (Phi) is 3.92. The maximum atomic E-state index is 13.7. The fourth-order valence-electron chi connectivity index (χ4n) is 1.54. The Labute approximate surface area is 104 Å². The average Bonchev–Trinajstić information content (AvgIpc) is 2.78. The number of rotatable bonds is 5. The quantitative estimate of drug-likeness (QED) is 0.596. The van der Waals surface area contributed by atoms with Crippen molar-refractivity contribution in [3.05, 3.63) is 29.6 Å². The largest absolute Gasteiger partial charge is 0.491 e. The van der Waals surface area contributed by atoms with Crippen molar-refractivity contribution in [2.24, 2.45) is 4.99 Å². The first-order chi connectivity index (χ1) is 8.70. The van der Waals surface area contributed by atoms with Crippen LogP contribution in [0.15, 0.2) is 23.2 Å². The molecule has 18 heavy (non-hydrogen) atoms. The highest BCUT2D eigenvalue weighted by Crippen LogP contribution is 2.20. The van der Waals surface area contributed by atoms with Gasteiger partial charge in [0.25, 0.3) is 0 Å². The van der Waals surface area contributed by atoms with Crippen LogP contribution in [0.1, 0.15) is 25.3 Å². The maximum Gasteiger partial charge on any atom is 0.334 e. The molecule has 0 radical (unpaired) electrons. The molecule has 0 saturated carbocycles. The van der Waals surface area contributed by atoms with Crippen LogP contribution in [-0.4, -0.2) is 25.0 Å². The van der Waals surface area contributed by atoms with Crippen LogP contribution in [0.4, 0.5) is 4.39 Å². The van der Waals surface area contributed by atoms with Gasteiger partial charge in [0.2, 0.25) is 5.90 Å². The van der Waals surface area contributed by atoms with E-state index in [4.69, 9.17) is 9.47 Å². The second-order valence-corrected chi connectivity index (χ2v) is 3.94. The Morgan fingerprint density at radius 3 is 2.94 bits per heavy atom. The summed E-state index contributed by atoms with van der Waals surface area (Å²) in [6, 6.07) is 4.41. The molecule has 1 aliphatic rings. The summed E-state index contributed by atoms with van der Waals surface area (Å²) in [7, 11) is 0. The van der Waals surface area contributed by atoms with E-state index in [1.54, 1.807) is 6.07 Å². The van der Waals surface area contributed by atoms with Crippen molar-refractivity contribution in [2.75, 3.05) is 13.2 Å². The number of hydrogen-bond donors (Lipinski definition) is 0. The summed E-state index contributed by atoms with van der Waals surface area (Å²) in [5.41, 5.74) is 0.446. The van der Waals surface area contributed by atoms with Crippen LogP contribution in [0, 0.1) is 5.82 Å². The molecule has 1 aromatic rings. The lowest BCUT2D eigenvalue weighted by molar-refractivity contribution is -0.132. The zero-order valence-corrected chi connectivity index (χ0v) is 10.1. The molecule has 0 aliphatic carbocycles. The first kappa shape index (κ1) is 12.5. The van der Waals surface area contributed by atoms with Gasteiger partial charge in [-0.3, -0.25) is 0 Å². The second-order valence-electron chi connectivity index (χ2n) is 3.94. The molecule has 0 spiro atoms. The van der Waals surface area contributed by atoms with Gasteiger partial charge in [-0.1, -0.05) is 13.3 Å². The molecule has 0 amide bonds. The predicted octanol–water partition coefficient (Wildman–Crippen LogP) is 2.31. The Morgan fingerprint density at radius 1 is 1.50 bits per heavy atom. The molecule has 1 heterocycles. The lowest BCUT2D eigenvalue weighted by atomic mass is 10.2. The highest BCUT2D eigenvalue weighted by atomic mass is 19.1. The summed E-state index contributed by atoms with van der Waals surface area (Å²) in [5.74, 6) is -0.529. The number of carbonyl (C=O) groups is 1. The molecule has 0 atom stereocenters. The smallest absolute Gasteiger partial charge is 0.334 e. The first-order valence-corrected chi connectivity index (χ1v) is 5.88. The van der Waals surface area contributed by atoms with E-state index in [1.807, 2.05) is 6.92 Å². The molecule has 5 heteroatoms. The van der Waals surface area contributed by atoms with Gasteiger partial charge in [-0.15, -0.1) is 0 Å². The van der Waals surface area contributed by atoms with Gasteiger partial charge >= 0.3 is 5.97 Å². The number of aliphatic imine (C=N–C) groups is 1. The van der Waals surface area contributed by atoms with Crippen LogP contribution in [0.5, 0.6) is 5.75 Å². The summed E-state index contributed by atoms with van der Waals surface area (Å²) in [6.07, 6.45) is 1.87. The standard InChI is InChI=1S/C13H14FNO3/c1-2-3-6-17-11-5-4-9(7-10(11)14)13-15-8-12(16)18-13/h4-5,7H,2-3,6,8H2,1H3. The predicted molar refractivity (Wildman–Crippen MR) is 64.3 cm³/mol. The lowest BCUT2D eigenvalue weighted by Gasteiger charge is -2.07. The Bertz CT molecular complexity index is 485. The van der Waals surface area contributed by atoms with Crippen molar-refractivity contribution in [3.8, 4) is 5.75 Å². The fraction of sp³-hybridized carbons (Fsp3) is 0.385. The number of halogens is 1. The van der Waals surface area contributed by atoms with E-state index in [0.717, 1.165) is 12.8 Å². The summed E-state index contributed by atoms with van der Waals surface area (Å²) < 4.78 is 23.8.